The van der Waals surface area contributed by atoms with Crippen molar-refractivity contribution in [2.75, 3.05) is 0 Å². The van der Waals surface area contributed by atoms with Crippen LogP contribution >= 0.6 is 11.3 Å². The summed E-state index contributed by atoms with van der Waals surface area (Å²) < 4.78 is 4.93. The molecule has 0 aliphatic rings. The number of hydrogen-bond acceptors (Lipinski definition) is 4. The Balaban J connectivity index is 1.26. The zero-order chi connectivity index (χ0) is 30.5. The zero-order valence-corrected chi connectivity index (χ0v) is 25.5. The number of fused-ring (bicyclic) bond motifs is 5. The molecule has 0 radical (unpaired) electrons. The Labute approximate surface area is 269 Å². The van der Waals surface area contributed by atoms with E-state index >= 15 is 0 Å². The predicted molar refractivity (Wildman–Crippen MR) is 191 cm³/mol. The van der Waals surface area contributed by atoms with Gasteiger partial charge in [-0.2, -0.15) is 0 Å². The Kier molecular flexibility index (Phi) is 6.28. The van der Waals surface area contributed by atoms with Gasteiger partial charge >= 0.3 is 0 Å². The van der Waals surface area contributed by atoms with E-state index in [1.165, 1.54) is 36.8 Å². The molecule has 0 fully saturated rings. The van der Waals surface area contributed by atoms with Gasteiger partial charge in [0.05, 0.1) is 15.7 Å². The van der Waals surface area contributed by atoms with Gasteiger partial charge in [0.1, 0.15) is 0 Å². The molecule has 46 heavy (non-hydrogen) atoms. The van der Waals surface area contributed by atoms with E-state index in [2.05, 4.69) is 102 Å². The Bertz CT molecular complexity index is 2440. The standard InChI is InChI=1S/C41H26N4S/c1-4-12-27(13-5-1)28-20-23-32(24-21-28)45-35-25-22-31(26-34(35)38-37(45)33-18-10-11-19-36(33)46-38)41-43-39(29-14-6-2-7-15-29)42-40(44-41)30-16-8-3-9-17-30/h1-26H. The van der Waals surface area contributed by atoms with Crippen LogP contribution in [0.4, 0.5) is 0 Å². The van der Waals surface area contributed by atoms with E-state index in [9.17, 15) is 0 Å². The first-order chi connectivity index (χ1) is 22.8. The van der Waals surface area contributed by atoms with Crippen LogP contribution < -0.4 is 0 Å². The van der Waals surface area contributed by atoms with Gasteiger partial charge in [0, 0.05) is 37.9 Å². The molecule has 0 aliphatic carbocycles. The molecule has 9 rings (SSSR count). The van der Waals surface area contributed by atoms with Gasteiger partial charge in [-0.1, -0.05) is 121 Å². The van der Waals surface area contributed by atoms with Crippen molar-refractivity contribution in [1.82, 2.24) is 19.5 Å². The molecule has 0 saturated carbocycles. The minimum atomic E-state index is 0.656. The van der Waals surface area contributed by atoms with Gasteiger partial charge in [-0.15, -0.1) is 11.3 Å². The van der Waals surface area contributed by atoms with E-state index < -0.39 is 0 Å². The van der Waals surface area contributed by atoms with E-state index in [0.29, 0.717) is 17.5 Å². The van der Waals surface area contributed by atoms with Crippen molar-refractivity contribution in [1.29, 1.82) is 0 Å². The minimum absolute atomic E-state index is 0.656. The smallest absolute Gasteiger partial charge is 0.164 e. The van der Waals surface area contributed by atoms with Gasteiger partial charge < -0.3 is 4.57 Å². The Hall–Kier alpha value is -5.91. The van der Waals surface area contributed by atoms with Crippen LogP contribution in [0.3, 0.4) is 0 Å². The molecule has 216 valence electrons. The van der Waals surface area contributed by atoms with Crippen LogP contribution in [0.2, 0.25) is 0 Å². The predicted octanol–water partition coefficient (Wildman–Crippen LogP) is 10.9. The van der Waals surface area contributed by atoms with Crippen molar-refractivity contribution in [3.63, 3.8) is 0 Å². The Morgan fingerprint density at radius 2 is 0.913 bits per heavy atom. The third-order valence-corrected chi connectivity index (χ3v) is 9.66. The Morgan fingerprint density at radius 3 is 1.54 bits per heavy atom. The molecule has 3 aromatic heterocycles. The van der Waals surface area contributed by atoms with Gasteiger partial charge in [-0.25, -0.2) is 15.0 Å². The highest BCUT2D eigenvalue weighted by Crippen LogP contribution is 2.43. The number of hydrogen-bond donors (Lipinski definition) is 0. The molecule has 0 N–H and O–H groups in total. The third-order valence-electron chi connectivity index (χ3n) is 8.47. The Morgan fingerprint density at radius 1 is 0.413 bits per heavy atom. The normalized spacial score (nSPS) is 11.5. The van der Waals surface area contributed by atoms with Gasteiger partial charge in [-0.05, 0) is 47.5 Å². The largest absolute Gasteiger partial charge is 0.308 e. The van der Waals surface area contributed by atoms with E-state index in [0.717, 1.165) is 27.9 Å². The molecule has 0 bridgehead atoms. The summed E-state index contributed by atoms with van der Waals surface area (Å²) in [6.45, 7) is 0. The van der Waals surface area contributed by atoms with Crippen molar-refractivity contribution >= 4 is 42.5 Å². The highest BCUT2D eigenvalue weighted by Gasteiger charge is 2.20. The van der Waals surface area contributed by atoms with Gasteiger partial charge in [0.2, 0.25) is 0 Å². The fraction of sp³-hybridized carbons (Fsp3) is 0. The van der Waals surface area contributed by atoms with Gasteiger partial charge in [0.15, 0.2) is 17.5 Å². The van der Waals surface area contributed by atoms with Gasteiger partial charge in [0.25, 0.3) is 0 Å². The molecule has 0 amide bonds. The summed E-state index contributed by atoms with van der Waals surface area (Å²) in [5.41, 5.74) is 8.81. The van der Waals surface area contributed by atoms with E-state index in [1.807, 2.05) is 72.0 Å². The number of rotatable bonds is 5. The molecule has 5 heteroatoms. The number of benzene rings is 6. The molecular formula is C41H26N4S. The van der Waals surface area contributed by atoms with Crippen LogP contribution in [0.1, 0.15) is 0 Å². The average Bonchev–Trinajstić information content (AvgIpc) is 3.67. The first kappa shape index (κ1) is 26.5. The van der Waals surface area contributed by atoms with E-state index in [4.69, 9.17) is 15.0 Å². The van der Waals surface area contributed by atoms with Crippen molar-refractivity contribution in [3.05, 3.63) is 158 Å². The molecular weight excluding hydrogens is 581 g/mol. The highest BCUT2D eigenvalue weighted by atomic mass is 32.1. The third kappa shape index (κ3) is 4.48. The molecule has 0 spiro atoms. The highest BCUT2D eigenvalue weighted by molar-refractivity contribution is 7.26. The van der Waals surface area contributed by atoms with Crippen LogP contribution in [0.5, 0.6) is 0 Å². The lowest BCUT2D eigenvalue weighted by Crippen LogP contribution is -2.00. The van der Waals surface area contributed by atoms with Gasteiger partial charge in [-0.3, -0.25) is 0 Å². The summed E-state index contributed by atoms with van der Waals surface area (Å²) >= 11 is 1.84. The summed E-state index contributed by atoms with van der Waals surface area (Å²) in [5, 5.41) is 2.44. The van der Waals surface area contributed by atoms with Crippen molar-refractivity contribution in [3.8, 4) is 51.0 Å². The molecule has 9 aromatic rings. The van der Waals surface area contributed by atoms with Crippen LogP contribution in [0, 0.1) is 0 Å². The van der Waals surface area contributed by atoms with Crippen molar-refractivity contribution < 1.29 is 0 Å². The SMILES string of the molecule is c1ccc(-c2ccc(-n3c4ccc(-c5nc(-c6ccccc6)nc(-c6ccccc6)n5)cc4c4sc5ccccc5c43)cc2)cc1. The summed E-state index contributed by atoms with van der Waals surface area (Å²) in [7, 11) is 0. The zero-order valence-electron chi connectivity index (χ0n) is 24.7. The molecule has 4 nitrogen and oxygen atoms in total. The lowest BCUT2D eigenvalue weighted by Gasteiger charge is -2.11. The molecule has 0 aliphatic heterocycles. The summed E-state index contributed by atoms with van der Waals surface area (Å²) in [5.74, 6) is 1.98. The molecule has 0 unspecified atom stereocenters. The first-order valence-electron chi connectivity index (χ1n) is 15.3. The number of nitrogens with zero attached hydrogens (tertiary/aromatic N) is 4. The van der Waals surface area contributed by atoms with Crippen LogP contribution in [-0.4, -0.2) is 19.5 Å². The monoisotopic (exact) mass is 606 g/mol. The molecule has 0 atom stereocenters. The van der Waals surface area contributed by atoms with Crippen molar-refractivity contribution in [2.45, 2.75) is 0 Å². The van der Waals surface area contributed by atoms with E-state index in [1.54, 1.807) is 0 Å². The summed E-state index contributed by atoms with van der Waals surface area (Å²) in [6.07, 6.45) is 0. The fourth-order valence-corrected chi connectivity index (χ4v) is 7.46. The van der Waals surface area contributed by atoms with Crippen LogP contribution in [0.25, 0.3) is 82.2 Å². The second kappa shape index (κ2) is 10.9. The number of thiophene rings is 1. The maximum atomic E-state index is 5.01. The summed E-state index contributed by atoms with van der Waals surface area (Å²) in [6, 6.07) is 54.9. The summed E-state index contributed by atoms with van der Waals surface area (Å²) in [4.78, 5) is 14.9. The minimum Gasteiger partial charge on any atom is -0.308 e. The van der Waals surface area contributed by atoms with Crippen LogP contribution in [-0.2, 0) is 0 Å². The second-order valence-corrected chi connectivity index (χ2v) is 12.3. The molecule has 0 saturated heterocycles. The maximum absolute atomic E-state index is 5.01. The average molecular weight is 607 g/mol. The topological polar surface area (TPSA) is 43.6 Å². The molecule has 3 heterocycles. The number of aromatic nitrogens is 4. The quantitative estimate of drug-likeness (QED) is 0.196. The maximum Gasteiger partial charge on any atom is 0.164 e. The second-order valence-electron chi connectivity index (χ2n) is 11.3. The molecule has 6 aromatic carbocycles. The lowest BCUT2D eigenvalue weighted by molar-refractivity contribution is 1.07. The first-order valence-corrected chi connectivity index (χ1v) is 16.1. The van der Waals surface area contributed by atoms with Crippen molar-refractivity contribution in [2.24, 2.45) is 0 Å². The van der Waals surface area contributed by atoms with E-state index in [-0.39, 0.29) is 0 Å². The van der Waals surface area contributed by atoms with Crippen LogP contribution in [0.15, 0.2) is 158 Å². The lowest BCUT2D eigenvalue weighted by atomic mass is 10.1. The fourth-order valence-electron chi connectivity index (χ4n) is 6.25.